The van der Waals surface area contributed by atoms with Crippen LogP contribution in [0.25, 0.3) is 0 Å². The highest BCUT2D eigenvalue weighted by Crippen LogP contribution is 2.34. The number of rotatable bonds is 5. The van der Waals surface area contributed by atoms with Gasteiger partial charge < -0.3 is 19.8 Å². The van der Waals surface area contributed by atoms with Crippen LogP contribution in [0.5, 0.6) is 0 Å². The summed E-state index contributed by atoms with van der Waals surface area (Å²) in [6, 6.07) is 4.43. The lowest BCUT2D eigenvalue weighted by Gasteiger charge is -2.13. The van der Waals surface area contributed by atoms with Gasteiger partial charge in [0.1, 0.15) is 5.69 Å². The van der Waals surface area contributed by atoms with Crippen LogP contribution in [0.1, 0.15) is 37.7 Å². The molecule has 2 N–H and O–H groups in total. The maximum Gasteiger partial charge on any atom is 0.418 e. The molecular weight excluding hydrogens is 381 g/mol. The van der Waals surface area contributed by atoms with E-state index in [2.05, 4.69) is 15.0 Å². The lowest BCUT2D eigenvalue weighted by atomic mass is 10.1. The number of aryl methyl sites for hydroxylation is 1. The third kappa shape index (κ3) is 4.51. The predicted molar refractivity (Wildman–Crippen MR) is 92.0 cm³/mol. The van der Waals surface area contributed by atoms with E-state index in [4.69, 9.17) is 4.74 Å². The molecule has 0 aliphatic rings. The Kier molecular flexibility index (Phi) is 6.12. The summed E-state index contributed by atoms with van der Waals surface area (Å²) in [4.78, 5) is 38.5. The first-order chi connectivity index (χ1) is 13.1. The van der Waals surface area contributed by atoms with Gasteiger partial charge in [-0.1, -0.05) is 12.1 Å². The van der Waals surface area contributed by atoms with Crippen LogP contribution in [0.3, 0.4) is 0 Å². The number of para-hydroxylation sites is 1. The Morgan fingerprint density at radius 3 is 2.36 bits per heavy atom. The summed E-state index contributed by atoms with van der Waals surface area (Å²) in [5, 5.41) is 2.06. The first-order valence-electron chi connectivity index (χ1n) is 7.97. The molecule has 0 saturated carbocycles. The van der Waals surface area contributed by atoms with Crippen LogP contribution in [-0.2, 0) is 20.4 Å². The van der Waals surface area contributed by atoms with Gasteiger partial charge in [-0.15, -0.1) is 0 Å². The summed E-state index contributed by atoms with van der Waals surface area (Å²) in [7, 11) is 1.19. The zero-order valence-electron chi connectivity index (χ0n) is 15.2. The zero-order chi connectivity index (χ0) is 21.1. The van der Waals surface area contributed by atoms with E-state index in [1.807, 2.05) is 0 Å². The molecule has 2 rings (SSSR count). The number of esters is 2. The first-order valence-corrected chi connectivity index (χ1v) is 7.97. The molecule has 7 nitrogen and oxygen atoms in total. The summed E-state index contributed by atoms with van der Waals surface area (Å²) < 4.78 is 48.3. The van der Waals surface area contributed by atoms with Gasteiger partial charge in [-0.3, -0.25) is 4.79 Å². The second-order valence-corrected chi connectivity index (χ2v) is 5.78. The highest BCUT2D eigenvalue weighted by atomic mass is 19.4. The lowest BCUT2D eigenvalue weighted by Crippen LogP contribution is -2.23. The number of halogens is 3. The summed E-state index contributed by atoms with van der Waals surface area (Å²) in [5.41, 5.74) is -0.708. The van der Waals surface area contributed by atoms with Gasteiger partial charge in [0, 0.05) is 5.69 Å². The van der Waals surface area contributed by atoms with Crippen molar-refractivity contribution in [2.45, 2.75) is 20.0 Å². The van der Waals surface area contributed by atoms with Crippen LogP contribution in [-0.4, -0.2) is 36.5 Å². The normalized spacial score (nSPS) is 11.1. The highest BCUT2D eigenvalue weighted by Gasteiger charge is 2.33. The van der Waals surface area contributed by atoms with Gasteiger partial charge in [-0.25, -0.2) is 9.59 Å². The number of methoxy groups -OCH3 is 1. The van der Waals surface area contributed by atoms with Crippen LogP contribution in [0.15, 0.2) is 24.3 Å². The number of carbonyl (C=O) groups is 3. The van der Waals surface area contributed by atoms with Crippen molar-refractivity contribution in [1.82, 2.24) is 4.98 Å². The Morgan fingerprint density at radius 1 is 1.11 bits per heavy atom. The summed E-state index contributed by atoms with van der Waals surface area (Å²) in [5.74, 6) is -2.53. The predicted octanol–water partition coefficient (Wildman–Crippen LogP) is 3.23. The van der Waals surface area contributed by atoms with E-state index >= 15 is 0 Å². The van der Waals surface area contributed by atoms with Crippen molar-refractivity contribution >= 4 is 23.5 Å². The maximum atomic E-state index is 12.9. The van der Waals surface area contributed by atoms with E-state index in [1.54, 1.807) is 6.92 Å². The number of carbonyl (C=O) groups excluding carboxylic acids is 3. The molecule has 0 aliphatic heterocycles. The van der Waals surface area contributed by atoms with Gasteiger partial charge in [-0.2, -0.15) is 13.2 Å². The monoisotopic (exact) mass is 398 g/mol. The Bertz CT molecular complexity index is 918. The molecule has 150 valence electrons. The molecule has 1 aromatic heterocycles. The van der Waals surface area contributed by atoms with Crippen molar-refractivity contribution in [1.29, 1.82) is 0 Å². The summed E-state index contributed by atoms with van der Waals surface area (Å²) in [6.45, 7) is 2.24. The number of amides is 1. The quantitative estimate of drug-likeness (QED) is 0.754. The summed E-state index contributed by atoms with van der Waals surface area (Å²) >= 11 is 0. The smallest absolute Gasteiger partial charge is 0.418 e. The molecule has 0 saturated heterocycles. The fraction of sp³-hybridized carbons (Fsp3) is 0.278. The van der Waals surface area contributed by atoms with E-state index in [1.165, 1.54) is 26.2 Å². The first kappa shape index (κ1) is 21.0. The highest BCUT2D eigenvalue weighted by molar-refractivity contribution is 6.00. The SMILES string of the molecule is COC(=O)c1c(C)[nH]c(C(=O)OCC(=O)Nc2ccccc2C(F)(F)F)c1C. The zero-order valence-corrected chi connectivity index (χ0v) is 15.2. The number of alkyl halides is 3. The molecule has 0 atom stereocenters. The van der Waals surface area contributed by atoms with Crippen LogP contribution < -0.4 is 5.32 Å². The van der Waals surface area contributed by atoms with Crippen molar-refractivity contribution in [2.75, 3.05) is 19.0 Å². The molecule has 0 unspecified atom stereocenters. The van der Waals surface area contributed by atoms with Crippen molar-refractivity contribution in [3.05, 3.63) is 52.3 Å². The minimum Gasteiger partial charge on any atom is -0.465 e. The molecule has 28 heavy (non-hydrogen) atoms. The number of anilines is 1. The fourth-order valence-electron chi connectivity index (χ4n) is 2.59. The molecule has 1 heterocycles. The van der Waals surface area contributed by atoms with Crippen LogP contribution in [0, 0.1) is 13.8 Å². The minimum atomic E-state index is -4.65. The van der Waals surface area contributed by atoms with Crippen LogP contribution in [0.2, 0.25) is 0 Å². The molecule has 2 aromatic rings. The van der Waals surface area contributed by atoms with Gasteiger partial charge in [0.2, 0.25) is 0 Å². The second-order valence-electron chi connectivity index (χ2n) is 5.78. The third-order valence-corrected chi connectivity index (χ3v) is 3.87. The van der Waals surface area contributed by atoms with Crippen LogP contribution in [0.4, 0.5) is 18.9 Å². The van der Waals surface area contributed by atoms with Crippen molar-refractivity contribution in [3.63, 3.8) is 0 Å². The standard InChI is InChI=1S/C18H17F3N2O5/c1-9-14(16(25)27-3)10(2)22-15(9)17(26)28-8-13(24)23-12-7-5-4-6-11(12)18(19,20)21/h4-7,22H,8H2,1-3H3,(H,23,24). The van der Waals surface area contributed by atoms with E-state index in [-0.39, 0.29) is 16.8 Å². The number of hydrogen-bond donors (Lipinski definition) is 2. The molecule has 0 radical (unpaired) electrons. The average Bonchev–Trinajstić information content (AvgIpc) is 2.93. The number of aromatic nitrogens is 1. The Balaban J connectivity index is 2.07. The fourth-order valence-corrected chi connectivity index (χ4v) is 2.59. The maximum absolute atomic E-state index is 12.9. The molecule has 1 amide bonds. The Hall–Kier alpha value is -3.30. The minimum absolute atomic E-state index is 0.0543. The third-order valence-electron chi connectivity index (χ3n) is 3.87. The molecule has 0 fully saturated rings. The number of hydrogen-bond acceptors (Lipinski definition) is 5. The molecular formula is C18H17F3N2O5. The van der Waals surface area contributed by atoms with Crippen LogP contribution >= 0.6 is 0 Å². The van der Waals surface area contributed by atoms with Gasteiger partial charge in [0.25, 0.3) is 5.91 Å². The number of ether oxygens (including phenoxy) is 2. The molecule has 1 aromatic carbocycles. The van der Waals surface area contributed by atoms with Crippen molar-refractivity contribution in [2.24, 2.45) is 0 Å². The second kappa shape index (κ2) is 8.15. The van der Waals surface area contributed by atoms with Gasteiger partial charge >= 0.3 is 18.1 Å². The van der Waals surface area contributed by atoms with Gasteiger partial charge in [0.15, 0.2) is 6.61 Å². The molecule has 10 heteroatoms. The Labute approximate surface area is 157 Å². The number of H-pyrrole nitrogens is 1. The average molecular weight is 398 g/mol. The molecule has 0 aliphatic carbocycles. The Morgan fingerprint density at radius 2 is 1.75 bits per heavy atom. The van der Waals surface area contributed by atoms with Gasteiger partial charge in [0.05, 0.1) is 23.9 Å². The van der Waals surface area contributed by atoms with E-state index < -0.39 is 41.9 Å². The largest absolute Gasteiger partial charge is 0.465 e. The van der Waals surface area contributed by atoms with E-state index in [0.29, 0.717) is 5.69 Å². The lowest BCUT2D eigenvalue weighted by molar-refractivity contribution is -0.137. The molecule has 0 bridgehead atoms. The van der Waals surface area contributed by atoms with E-state index in [9.17, 15) is 27.6 Å². The number of nitrogens with one attached hydrogen (secondary N) is 2. The van der Waals surface area contributed by atoms with Crippen molar-refractivity contribution in [3.8, 4) is 0 Å². The summed E-state index contributed by atoms with van der Waals surface area (Å²) in [6.07, 6.45) is -4.65. The number of benzene rings is 1. The van der Waals surface area contributed by atoms with E-state index in [0.717, 1.165) is 12.1 Å². The van der Waals surface area contributed by atoms with Gasteiger partial charge in [-0.05, 0) is 31.5 Å². The topological polar surface area (TPSA) is 97.5 Å². The number of aromatic amines is 1. The van der Waals surface area contributed by atoms with Crippen molar-refractivity contribution < 1.29 is 37.0 Å². The molecule has 0 spiro atoms.